The molecule has 3 aromatic rings. The molecule has 3 rings (SSSR count). The number of carbonyl (C=O) groups is 2. The number of carbonyl (C=O) groups excluding carboxylic acids is 2. The molecule has 130 valence electrons. The molecular weight excluding hydrogens is 332 g/mol. The molecule has 2 N–H and O–H groups in total. The highest BCUT2D eigenvalue weighted by Crippen LogP contribution is 2.20. The van der Waals surface area contributed by atoms with E-state index < -0.39 is 5.97 Å². The minimum Gasteiger partial charge on any atom is -0.465 e. The van der Waals surface area contributed by atoms with Gasteiger partial charge in [-0.05, 0) is 24.3 Å². The van der Waals surface area contributed by atoms with E-state index in [0.717, 1.165) is 0 Å². The molecule has 0 saturated heterocycles. The maximum absolute atomic E-state index is 12.2. The van der Waals surface area contributed by atoms with E-state index in [9.17, 15) is 9.59 Å². The van der Waals surface area contributed by atoms with Crippen LogP contribution in [0.2, 0.25) is 0 Å². The second kappa shape index (κ2) is 7.89. The van der Waals surface area contributed by atoms with Crippen molar-refractivity contribution in [1.82, 2.24) is 9.97 Å². The number of anilines is 3. The van der Waals surface area contributed by atoms with E-state index in [0.29, 0.717) is 22.8 Å². The fourth-order valence-electron chi connectivity index (χ4n) is 2.24. The maximum Gasteiger partial charge on any atom is 0.339 e. The average Bonchev–Trinajstić information content (AvgIpc) is 2.69. The van der Waals surface area contributed by atoms with Crippen molar-refractivity contribution in [3.63, 3.8) is 0 Å². The molecule has 0 bridgehead atoms. The molecule has 1 heterocycles. The number of methoxy groups -OCH3 is 1. The Kier molecular flexibility index (Phi) is 5.19. The fourth-order valence-corrected chi connectivity index (χ4v) is 2.24. The van der Waals surface area contributed by atoms with Crippen LogP contribution in [-0.4, -0.2) is 29.0 Å². The van der Waals surface area contributed by atoms with Gasteiger partial charge >= 0.3 is 5.97 Å². The Bertz CT molecular complexity index is 912. The van der Waals surface area contributed by atoms with Crippen LogP contribution in [0.3, 0.4) is 0 Å². The highest BCUT2D eigenvalue weighted by molar-refractivity contribution is 6.02. The van der Waals surface area contributed by atoms with E-state index in [1.165, 1.54) is 19.5 Å². The quantitative estimate of drug-likeness (QED) is 0.688. The molecule has 7 nitrogen and oxygen atoms in total. The van der Waals surface area contributed by atoms with Crippen LogP contribution in [0.1, 0.15) is 20.8 Å². The van der Waals surface area contributed by atoms with Crippen LogP contribution < -0.4 is 10.6 Å². The zero-order chi connectivity index (χ0) is 18.4. The van der Waals surface area contributed by atoms with Gasteiger partial charge in [0.05, 0.1) is 30.8 Å². The van der Waals surface area contributed by atoms with Gasteiger partial charge in [-0.1, -0.05) is 30.3 Å². The smallest absolute Gasteiger partial charge is 0.339 e. The lowest BCUT2D eigenvalue weighted by Gasteiger charge is -2.10. The summed E-state index contributed by atoms with van der Waals surface area (Å²) in [7, 11) is 1.32. The zero-order valence-corrected chi connectivity index (χ0v) is 14.0. The van der Waals surface area contributed by atoms with E-state index >= 15 is 0 Å². The van der Waals surface area contributed by atoms with Crippen molar-refractivity contribution in [3.05, 3.63) is 78.2 Å². The molecular formula is C19H16N4O3. The second-order valence-corrected chi connectivity index (χ2v) is 5.27. The Morgan fingerprint density at radius 3 is 2.35 bits per heavy atom. The summed E-state index contributed by atoms with van der Waals surface area (Å²) in [5, 5.41) is 5.73. The number of aromatic nitrogens is 2. The lowest BCUT2D eigenvalue weighted by Crippen LogP contribution is -2.14. The Morgan fingerprint density at radius 2 is 1.65 bits per heavy atom. The van der Waals surface area contributed by atoms with E-state index in [4.69, 9.17) is 4.74 Å². The average molecular weight is 348 g/mol. The molecule has 0 radical (unpaired) electrons. The first-order valence-corrected chi connectivity index (χ1v) is 7.80. The van der Waals surface area contributed by atoms with Crippen LogP contribution in [0.25, 0.3) is 0 Å². The van der Waals surface area contributed by atoms with Gasteiger partial charge in [-0.25, -0.2) is 14.8 Å². The molecule has 0 unspecified atom stereocenters. The highest BCUT2D eigenvalue weighted by Gasteiger charge is 2.12. The molecule has 0 atom stereocenters. The van der Waals surface area contributed by atoms with Crippen molar-refractivity contribution in [1.29, 1.82) is 0 Å². The number of ether oxygens (including phenoxy) is 1. The van der Waals surface area contributed by atoms with Crippen LogP contribution in [0.5, 0.6) is 0 Å². The maximum atomic E-state index is 12.2. The van der Waals surface area contributed by atoms with Crippen LogP contribution >= 0.6 is 0 Å². The summed E-state index contributed by atoms with van der Waals surface area (Å²) < 4.78 is 4.75. The number of rotatable bonds is 5. The van der Waals surface area contributed by atoms with Crippen molar-refractivity contribution in [2.24, 2.45) is 0 Å². The third-order valence-corrected chi connectivity index (χ3v) is 3.51. The van der Waals surface area contributed by atoms with Crippen LogP contribution in [0.4, 0.5) is 17.2 Å². The van der Waals surface area contributed by atoms with Gasteiger partial charge in [0.2, 0.25) is 0 Å². The number of nitrogens with one attached hydrogen (secondary N) is 2. The molecule has 7 heteroatoms. The summed E-state index contributed by atoms with van der Waals surface area (Å²) in [4.78, 5) is 32.2. The number of amides is 1. The van der Waals surface area contributed by atoms with E-state index in [2.05, 4.69) is 20.6 Å². The van der Waals surface area contributed by atoms with Crippen LogP contribution in [0, 0.1) is 0 Å². The lowest BCUT2D eigenvalue weighted by molar-refractivity contribution is 0.0601. The minimum absolute atomic E-state index is 0.181. The molecule has 26 heavy (non-hydrogen) atoms. The Labute approximate surface area is 150 Å². The summed E-state index contributed by atoms with van der Waals surface area (Å²) in [6.45, 7) is 0. The first-order valence-electron chi connectivity index (χ1n) is 7.80. The van der Waals surface area contributed by atoms with Crippen LogP contribution in [-0.2, 0) is 4.74 Å². The lowest BCUT2D eigenvalue weighted by atomic mass is 10.2. The zero-order valence-electron chi connectivity index (χ0n) is 14.0. The van der Waals surface area contributed by atoms with E-state index in [1.54, 1.807) is 36.4 Å². The summed E-state index contributed by atoms with van der Waals surface area (Å²) in [5.74, 6) is -0.414. The second-order valence-electron chi connectivity index (χ2n) is 5.27. The number of hydrogen-bond donors (Lipinski definition) is 2. The normalized spacial score (nSPS) is 10.0. The van der Waals surface area contributed by atoms with E-state index in [1.807, 2.05) is 18.2 Å². The molecule has 0 aliphatic heterocycles. The van der Waals surface area contributed by atoms with Gasteiger partial charge in [-0.2, -0.15) is 0 Å². The largest absolute Gasteiger partial charge is 0.465 e. The molecule has 1 amide bonds. The summed E-state index contributed by atoms with van der Waals surface area (Å²) >= 11 is 0. The SMILES string of the molecule is COC(=O)c1ccccc1Nc1cnc(C(=O)Nc2ccccc2)cn1. The van der Waals surface area contributed by atoms with Gasteiger partial charge < -0.3 is 15.4 Å². The third-order valence-electron chi connectivity index (χ3n) is 3.51. The van der Waals surface area contributed by atoms with Crippen molar-refractivity contribution >= 4 is 29.1 Å². The topological polar surface area (TPSA) is 93.2 Å². The molecule has 0 aliphatic carbocycles. The van der Waals surface area contributed by atoms with Crippen molar-refractivity contribution in [2.75, 3.05) is 17.7 Å². The van der Waals surface area contributed by atoms with Gasteiger partial charge in [-0.3, -0.25) is 4.79 Å². The summed E-state index contributed by atoms with van der Waals surface area (Å²) in [5.41, 5.74) is 1.77. The van der Waals surface area contributed by atoms with Crippen molar-refractivity contribution in [3.8, 4) is 0 Å². The molecule has 1 aromatic heterocycles. The summed E-state index contributed by atoms with van der Waals surface area (Å²) in [6, 6.07) is 16.0. The Hall–Kier alpha value is -3.74. The van der Waals surface area contributed by atoms with E-state index in [-0.39, 0.29) is 11.6 Å². The number of hydrogen-bond acceptors (Lipinski definition) is 6. The van der Waals surface area contributed by atoms with Gasteiger partial charge in [0.25, 0.3) is 5.91 Å². The standard InChI is InChI=1S/C19H16N4O3/c1-26-19(25)14-9-5-6-10-15(14)23-17-12-20-16(11-21-17)18(24)22-13-7-3-2-4-8-13/h2-12H,1H3,(H,21,23)(H,22,24). The van der Waals surface area contributed by atoms with Crippen LogP contribution in [0.15, 0.2) is 67.0 Å². The van der Waals surface area contributed by atoms with Gasteiger partial charge in [0.1, 0.15) is 11.5 Å². The first-order chi connectivity index (χ1) is 12.7. The summed E-state index contributed by atoms with van der Waals surface area (Å²) in [6.07, 6.45) is 2.79. The minimum atomic E-state index is -0.458. The molecule has 0 aliphatic rings. The molecule has 0 spiro atoms. The Balaban J connectivity index is 1.72. The predicted octanol–water partition coefficient (Wildman–Crippen LogP) is 3.26. The number of para-hydroxylation sites is 2. The number of esters is 1. The number of nitrogens with zero attached hydrogens (tertiary/aromatic N) is 2. The van der Waals surface area contributed by atoms with Crippen molar-refractivity contribution < 1.29 is 14.3 Å². The third kappa shape index (κ3) is 4.02. The predicted molar refractivity (Wildman–Crippen MR) is 97.5 cm³/mol. The van der Waals surface area contributed by atoms with Gasteiger partial charge in [0, 0.05) is 5.69 Å². The fraction of sp³-hybridized carbons (Fsp3) is 0.0526. The molecule has 2 aromatic carbocycles. The van der Waals surface area contributed by atoms with Crippen molar-refractivity contribution in [2.45, 2.75) is 0 Å². The molecule has 0 fully saturated rings. The molecule has 0 saturated carbocycles. The monoisotopic (exact) mass is 348 g/mol. The Morgan fingerprint density at radius 1 is 0.923 bits per heavy atom. The van der Waals surface area contributed by atoms with Gasteiger partial charge in [0.15, 0.2) is 0 Å². The first kappa shape index (κ1) is 17.1. The van der Waals surface area contributed by atoms with Gasteiger partial charge in [-0.15, -0.1) is 0 Å². The highest BCUT2D eigenvalue weighted by atomic mass is 16.5. The number of benzene rings is 2.